The second kappa shape index (κ2) is 9.75. The Labute approximate surface area is 124 Å². The second-order valence-electron chi connectivity index (χ2n) is 4.51. The number of hydrogen-bond donors (Lipinski definition) is 3. The van der Waals surface area contributed by atoms with E-state index in [0.29, 0.717) is 37.4 Å². The van der Waals surface area contributed by atoms with Crippen molar-refractivity contribution >= 4 is 5.91 Å². The molecule has 0 aromatic heterocycles. The molecule has 0 aliphatic carbocycles. The van der Waals surface area contributed by atoms with Gasteiger partial charge in [0.15, 0.2) is 0 Å². The van der Waals surface area contributed by atoms with Gasteiger partial charge in [0.05, 0.1) is 11.6 Å². The monoisotopic (exact) mass is 291 g/mol. The van der Waals surface area contributed by atoms with Crippen molar-refractivity contribution in [3.05, 3.63) is 29.8 Å². The molecule has 0 aliphatic rings. The smallest absolute Gasteiger partial charge is 0.221 e. The van der Waals surface area contributed by atoms with Crippen LogP contribution in [0.4, 0.5) is 0 Å². The lowest BCUT2D eigenvalue weighted by molar-refractivity contribution is -0.120. The van der Waals surface area contributed by atoms with Crippen LogP contribution in [-0.2, 0) is 4.79 Å². The van der Waals surface area contributed by atoms with Crippen LogP contribution >= 0.6 is 0 Å². The van der Waals surface area contributed by atoms with Crippen molar-refractivity contribution in [2.45, 2.75) is 19.4 Å². The molecule has 6 nitrogen and oxygen atoms in total. The van der Waals surface area contributed by atoms with Crippen molar-refractivity contribution < 1.29 is 14.6 Å². The molecule has 21 heavy (non-hydrogen) atoms. The fraction of sp³-hybridized carbons (Fsp3) is 0.467. The zero-order valence-corrected chi connectivity index (χ0v) is 12.1. The summed E-state index contributed by atoms with van der Waals surface area (Å²) in [4.78, 5) is 11.2. The summed E-state index contributed by atoms with van der Waals surface area (Å²) in [7, 11) is 0. The molecule has 3 N–H and O–H groups in total. The third-order valence-electron chi connectivity index (χ3n) is 2.71. The molecule has 1 amide bonds. The van der Waals surface area contributed by atoms with E-state index in [4.69, 9.17) is 10.00 Å². The van der Waals surface area contributed by atoms with Crippen molar-refractivity contribution in [2.75, 3.05) is 26.2 Å². The molecule has 1 aromatic carbocycles. The van der Waals surface area contributed by atoms with Gasteiger partial charge < -0.3 is 20.5 Å². The highest BCUT2D eigenvalue weighted by Gasteiger charge is 2.06. The van der Waals surface area contributed by atoms with E-state index in [-0.39, 0.29) is 12.5 Å². The predicted octanol–water partition coefficient (Wildman–Crippen LogP) is 0.414. The van der Waals surface area contributed by atoms with Gasteiger partial charge in [0.2, 0.25) is 5.91 Å². The molecule has 0 spiro atoms. The van der Waals surface area contributed by atoms with Gasteiger partial charge in [0.25, 0.3) is 0 Å². The summed E-state index contributed by atoms with van der Waals surface area (Å²) >= 11 is 0. The van der Waals surface area contributed by atoms with Crippen LogP contribution in [0.3, 0.4) is 0 Å². The number of benzene rings is 1. The SMILES string of the molecule is CCNC(=O)CCNCC(O)COc1ccc(C#N)cc1. The van der Waals surface area contributed by atoms with Crippen LogP contribution in [0, 0.1) is 11.3 Å². The maximum atomic E-state index is 11.2. The van der Waals surface area contributed by atoms with Crippen LogP contribution in [0.2, 0.25) is 0 Å². The van der Waals surface area contributed by atoms with Crippen molar-refractivity contribution in [1.29, 1.82) is 5.26 Å². The van der Waals surface area contributed by atoms with Gasteiger partial charge in [0.1, 0.15) is 18.5 Å². The van der Waals surface area contributed by atoms with Gasteiger partial charge in [-0.3, -0.25) is 4.79 Å². The molecule has 6 heteroatoms. The molecule has 1 unspecified atom stereocenters. The van der Waals surface area contributed by atoms with E-state index < -0.39 is 6.10 Å². The van der Waals surface area contributed by atoms with Crippen molar-refractivity contribution in [3.63, 3.8) is 0 Å². The summed E-state index contributed by atoms with van der Waals surface area (Å²) < 4.78 is 5.41. The van der Waals surface area contributed by atoms with E-state index in [1.165, 1.54) is 0 Å². The summed E-state index contributed by atoms with van der Waals surface area (Å²) in [5, 5.41) is 24.1. The Balaban J connectivity index is 2.14. The third-order valence-corrected chi connectivity index (χ3v) is 2.71. The summed E-state index contributed by atoms with van der Waals surface area (Å²) in [6.45, 7) is 3.52. The zero-order valence-electron chi connectivity index (χ0n) is 12.1. The average molecular weight is 291 g/mol. The quantitative estimate of drug-likeness (QED) is 0.573. The summed E-state index contributed by atoms with van der Waals surface area (Å²) in [5.41, 5.74) is 0.565. The lowest BCUT2D eigenvalue weighted by atomic mass is 10.2. The summed E-state index contributed by atoms with van der Waals surface area (Å²) in [5.74, 6) is 0.601. The van der Waals surface area contributed by atoms with Gasteiger partial charge in [0, 0.05) is 26.1 Å². The van der Waals surface area contributed by atoms with Gasteiger partial charge in [-0.1, -0.05) is 0 Å². The minimum Gasteiger partial charge on any atom is -0.491 e. The Morgan fingerprint density at radius 2 is 2.14 bits per heavy atom. The van der Waals surface area contributed by atoms with Gasteiger partial charge in [-0.05, 0) is 31.2 Å². The summed E-state index contributed by atoms with van der Waals surface area (Å²) in [6.07, 6.45) is -0.272. The number of aliphatic hydroxyl groups excluding tert-OH is 1. The number of ether oxygens (including phenoxy) is 1. The van der Waals surface area contributed by atoms with E-state index in [9.17, 15) is 9.90 Å². The van der Waals surface area contributed by atoms with Crippen LogP contribution in [-0.4, -0.2) is 43.4 Å². The van der Waals surface area contributed by atoms with Crippen molar-refractivity contribution in [3.8, 4) is 11.8 Å². The van der Waals surface area contributed by atoms with Gasteiger partial charge in [-0.2, -0.15) is 5.26 Å². The maximum Gasteiger partial charge on any atom is 0.221 e. The van der Waals surface area contributed by atoms with Gasteiger partial charge >= 0.3 is 0 Å². The number of carbonyl (C=O) groups is 1. The van der Waals surface area contributed by atoms with E-state index in [1.54, 1.807) is 24.3 Å². The van der Waals surface area contributed by atoms with Gasteiger partial charge in [-0.15, -0.1) is 0 Å². The van der Waals surface area contributed by atoms with E-state index >= 15 is 0 Å². The molecule has 0 aliphatic heterocycles. The molecule has 1 aromatic rings. The molecule has 0 saturated heterocycles. The topological polar surface area (TPSA) is 94.4 Å². The number of nitrogens with zero attached hydrogens (tertiary/aromatic N) is 1. The Kier molecular flexibility index (Phi) is 7.87. The number of rotatable bonds is 9. The minimum absolute atomic E-state index is 0.00618. The first-order chi connectivity index (χ1) is 10.2. The van der Waals surface area contributed by atoms with Crippen molar-refractivity contribution in [1.82, 2.24) is 10.6 Å². The molecule has 1 rings (SSSR count). The maximum absolute atomic E-state index is 11.2. The molecule has 0 saturated carbocycles. The predicted molar refractivity (Wildman–Crippen MR) is 78.8 cm³/mol. The van der Waals surface area contributed by atoms with E-state index in [0.717, 1.165) is 0 Å². The molecule has 0 heterocycles. The molecular weight excluding hydrogens is 270 g/mol. The number of carbonyl (C=O) groups excluding carboxylic acids is 1. The second-order valence-corrected chi connectivity index (χ2v) is 4.51. The Morgan fingerprint density at radius 1 is 1.43 bits per heavy atom. The zero-order chi connectivity index (χ0) is 15.5. The van der Waals surface area contributed by atoms with Crippen molar-refractivity contribution in [2.24, 2.45) is 0 Å². The fourth-order valence-corrected chi connectivity index (χ4v) is 1.63. The lowest BCUT2D eigenvalue weighted by Gasteiger charge is -2.13. The molecule has 0 fully saturated rings. The first kappa shape index (κ1) is 17.0. The summed E-state index contributed by atoms with van der Waals surface area (Å²) in [6, 6.07) is 8.72. The molecule has 0 bridgehead atoms. The fourth-order valence-electron chi connectivity index (χ4n) is 1.63. The Hall–Kier alpha value is -2.10. The Bertz CT molecular complexity index is 468. The highest BCUT2D eigenvalue weighted by Crippen LogP contribution is 2.11. The van der Waals surface area contributed by atoms with Crippen LogP contribution in [0.1, 0.15) is 18.9 Å². The van der Waals surface area contributed by atoms with Crippen LogP contribution in [0.15, 0.2) is 24.3 Å². The van der Waals surface area contributed by atoms with Crippen LogP contribution in [0.25, 0.3) is 0 Å². The number of amides is 1. The largest absolute Gasteiger partial charge is 0.491 e. The number of nitrogens with one attached hydrogen (secondary N) is 2. The molecule has 114 valence electrons. The Morgan fingerprint density at radius 3 is 2.76 bits per heavy atom. The van der Waals surface area contributed by atoms with E-state index in [1.807, 2.05) is 13.0 Å². The highest BCUT2D eigenvalue weighted by molar-refractivity contribution is 5.75. The number of aliphatic hydroxyl groups is 1. The van der Waals surface area contributed by atoms with Crippen LogP contribution in [0.5, 0.6) is 5.75 Å². The normalized spacial score (nSPS) is 11.5. The molecule has 0 radical (unpaired) electrons. The number of nitriles is 1. The molecule has 1 atom stereocenters. The van der Waals surface area contributed by atoms with E-state index in [2.05, 4.69) is 10.6 Å². The first-order valence-electron chi connectivity index (χ1n) is 6.94. The first-order valence-corrected chi connectivity index (χ1v) is 6.94. The van der Waals surface area contributed by atoms with Gasteiger partial charge in [-0.25, -0.2) is 0 Å². The molecular formula is C15H21N3O3. The minimum atomic E-state index is -0.658. The van der Waals surface area contributed by atoms with Crippen LogP contribution < -0.4 is 15.4 Å². The standard InChI is InChI=1S/C15H21N3O3/c1-2-18-15(20)7-8-17-10-13(19)11-21-14-5-3-12(9-16)4-6-14/h3-6,13,17,19H,2,7-8,10-11H2,1H3,(H,18,20). The number of hydrogen-bond acceptors (Lipinski definition) is 5. The third kappa shape index (κ3) is 7.30. The highest BCUT2D eigenvalue weighted by atomic mass is 16.5. The lowest BCUT2D eigenvalue weighted by Crippen LogP contribution is -2.34. The average Bonchev–Trinajstić information content (AvgIpc) is 2.50.